The van der Waals surface area contributed by atoms with Gasteiger partial charge in [0, 0.05) is 24.7 Å². The molecule has 2 aliphatic rings. The van der Waals surface area contributed by atoms with Crippen LogP contribution in [0.15, 0.2) is 41.3 Å². The summed E-state index contributed by atoms with van der Waals surface area (Å²) in [5.41, 5.74) is 2.04. The van der Waals surface area contributed by atoms with Gasteiger partial charge in [-0.15, -0.1) is 0 Å². The minimum absolute atomic E-state index is 0.136. The number of carbonyl (C=O) groups excluding carboxylic acids is 1. The van der Waals surface area contributed by atoms with Gasteiger partial charge in [0.2, 0.25) is 0 Å². The van der Waals surface area contributed by atoms with Crippen LogP contribution in [-0.2, 0) is 11.2 Å². The summed E-state index contributed by atoms with van der Waals surface area (Å²) in [4.78, 5) is 16.1. The number of ether oxygens (including phenoxy) is 1. The highest BCUT2D eigenvalue weighted by atomic mass is 16.6. The van der Waals surface area contributed by atoms with Gasteiger partial charge < -0.3 is 30.2 Å². The molecule has 2 aliphatic heterocycles. The Labute approximate surface area is 170 Å². The quantitative estimate of drug-likeness (QED) is 0.557. The van der Waals surface area contributed by atoms with E-state index in [2.05, 4.69) is 20.9 Å². The normalized spacial score (nSPS) is 26.5. The molecule has 1 aromatic carbocycles. The van der Waals surface area contributed by atoms with Gasteiger partial charge in [-0.25, -0.2) is 9.78 Å². The number of hydrogen-bond donors (Lipinski definition) is 4. The van der Waals surface area contributed by atoms with Crippen LogP contribution in [0.25, 0.3) is 11.3 Å². The summed E-state index contributed by atoms with van der Waals surface area (Å²) in [5, 5.41) is 19.7. The van der Waals surface area contributed by atoms with Crippen molar-refractivity contribution < 1.29 is 19.1 Å². The highest BCUT2D eigenvalue weighted by Gasteiger charge is 2.37. The lowest BCUT2D eigenvalue weighted by Crippen LogP contribution is -2.42. The summed E-state index contributed by atoms with van der Waals surface area (Å²) < 4.78 is 10.9. The smallest absolute Gasteiger partial charge is 0.407 e. The molecular weight excluding hydrogens is 372 g/mol. The van der Waals surface area contributed by atoms with Crippen LogP contribution in [0.1, 0.15) is 24.8 Å². The van der Waals surface area contributed by atoms with Crippen LogP contribution in [0.3, 0.4) is 0 Å². The number of aliphatic hydroxyl groups excluding tert-OH is 1. The molecule has 2 fully saturated rings. The van der Waals surface area contributed by atoms with Gasteiger partial charge in [0.05, 0.1) is 12.2 Å². The predicted molar refractivity (Wildman–Crippen MR) is 107 cm³/mol. The summed E-state index contributed by atoms with van der Waals surface area (Å²) in [6.45, 7) is 2.03. The Bertz CT molecular complexity index is 774. The first-order valence-electron chi connectivity index (χ1n) is 10.3. The van der Waals surface area contributed by atoms with Gasteiger partial charge in [-0.1, -0.05) is 24.3 Å². The zero-order valence-corrected chi connectivity index (χ0v) is 16.3. The maximum Gasteiger partial charge on any atom is 0.407 e. The zero-order valence-electron chi connectivity index (χ0n) is 16.3. The third-order valence-electron chi connectivity index (χ3n) is 5.66. The van der Waals surface area contributed by atoms with E-state index in [0.29, 0.717) is 25.6 Å². The minimum atomic E-state index is -0.712. The van der Waals surface area contributed by atoms with Crippen molar-refractivity contribution >= 4 is 6.09 Å². The monoisotopic (exact) mass is 400 g/mol. The lowest BCUT2D eigenvalue weighted by molar-refractivity contribution is 0.0189. The molecule has 0 saturated carbocycles. The van der Waals surface area contributed by atoms with Crippen molar-refractivity contribution in [3.8, 4) is 11.3 Å². The Morgan fingerprint density at radius 3 is 2.90 bits per heavy atom. The average molecular weight is 400 g/mol. The van der Waals surface area contributed by atoms with Gasteiger partial charge in [-0.2, -0.15) is 0 Å². The Morgan fingerprint density at radius 1 is 1.31 bits per heavy atom. The highest BCUT2D eigenvalue weighted by molar-refractivity contribution is 5.67. The second-order valence-corrected chi connectivity index (χ2v) is 7.73. The van der Waals surface area contributed by atoms with Crippen molar-refractivity contribution in [2.45, 2.75) is 50.0 Å². The van der Waals surface area contributed by atoms with Crippen LogP contribution < -0.4 is 16.0 Å². The second kappa shape index (κ2) is 9.39. The van der Waals surface area contributed by atoms with Crippen LogP contribution >= 0.6 is 0 Å². The first-order valence-corrected chi connectivity index (χ1v) is 10.3. The maximum atomic E-state index is 12.2. The molecule has 4 rings (SSSR count). The minimum Gasteiger partial charge on any atom is -0.444 e. The van der Waals surface area contributed by atoms with E-state index in [0.717, 1.165) is 36.3 Å². The number of oxazole rings is 1. The first kappa shape index (κ1) is 19.9. The number of aliphatic hydroxyl groups is 1. The van der Waals surface area contributed by atoms with Gasteiger partial charge in [-0.05, 0) is 37.8 Å². The summed E-state index contributed by atoms with van der Waals surface area (Å²) in [7, 11) is 0. The van der Waals surface area contributed by atoms with Crippen molar-refractivity contribution in [2.24, 2.45) is 0 Å². The fourth-order valence-electron chi connectivity index (χ4n) is 4.06. The number of β-amino-alcohol motifs (C(OH)–C–C–N with tert-alkyl or cyclic N) is 1. The Morgan fingerprint density at radius 2 is 2.17 bits per heavy atom. The number of hydrogen-bond acceptors (Lipinski definition) is 7. The third-order valence-corrected chi connectivity index (χ3v) is 5.66. The van der Waals surface area contributed by atoms with Crippen molar-refractivity contribution in [2.75, 3.05) is 19.6 Å². The van der Waals surface area contributed by atoms with E-state index in [1.165, 1.54) is 12.8 Å². The summed E-state index contributed by atoms with van der Waals surface area (Å²) in [6, 6.07) is 8.30. The lowest BCUT2D eigenvalue weighted by Gasteiger charge is -2.22. The van der Waals surface area contributed by atoms with Gasteiger partial charge in [0.15, 0.2) is 12.2 Å². The van der Waals surface area contributed by atoms with Crippen molar-refractivity contribution in [3.05, 3.63) is 42.4 Å². The number of benzene rings is 1. The number of nitrogens with one attached hydrogen (secondary N) is 3. The Hall–Kier alpha value is -2.42. The molecule has 0 bridgehead atoms. The van der Waals surface area contributed by atoms with Crippen LogP contribution in [0.5, 0.6) is 0 Å². The lowest BCUT2D eigenvalue weighted by atomic mass is 10.00. The molecular formula is C21H28N4O4. The van der Waals surface area contributed by atoms with Crippen molar-refractivity contribution in [1.82, 2.24) is 20.9 Å². The van der Waals surface area contributed by atoms with E-state index in [1.54, 1.807) is 6.20 Å². The number of amides is 1. The molecule has 3 heterocycles. The molecule has 4 atom stereocenters. The Balaban J connectivity index is 1.28. The molecule has 0 radical (unpaired) electrons. The standard InChI is InChI=1S/C21H28N4O4/c26-18-11-25-17(10-14-3-5-15(6-4-14)19-12-22-13-28-19)20(18)29-21(27)24-9-7-16-2-1-8-23-16/h3-6,12-13,16-18,20,23,25-26H,1-2,7-11H2,(H,24,27)/t16-,17+,18?,20-/m0/s1. The molecule has 2 saturated heterocycles. The summed E-state index contributed by atoms with van der Waals surface area (Å²) in [6.07, 6.45) is 5.21. The van der Waals surface area contributed by atoms with E-state index >= 15 is 0 Å². The molecule has 156 valence electrons. The van der Waals surface area contributed by atoms with Crippen molar-refractivity contribution in [1.29, 1.82) is 0 Å². The predicted octanol–water partition coefficient (Wildman–Crippen LogP) is 1.45. The molecule has 0 aliphatic carbocycles. The molecule has 8 heteroatoms. The maximum absolute atomic E-state index is 12.2. The topological polar surface area (TPSA) is 109 Å². The van der Waals surface area contributed by atoms with Gasteiger partial charge >= 0.3 is 6.09 Å². The molecule has 0 spiro atoms. The summed E-state index contributed by atoms with van der Waals surface area (Å²) in [5.74, 6) is 0.719. The number of nitrogens with zero attached hydrogens (tertiary/aromatic N) is 1. The second-order valence-electron chi connectivity index (χ2n) is 7.73. The van der Waals surface area contributed by atoms with Gasteiger partial charge in [-0.3, -0.25) is 0 Å². The van der Waals surface area contributed by atoms with E-state index in [4.69, 9.17) is 9.15 Å². The molecule has 2 aromatic rings. The number of carbonyl (C=O) groups is 1. The van der Waals surface area contributed by atoms with Crippen LogP contribution in [-0.4, -0.2) is 60.1 Å². The third kappa shape index (κ3) is 5.14. The Kier molecular flexibility index (Phi) is 6.43. The number of alkyl carbamates (subject to hydrolysis) is 1. The van der Waals surface area contributed by atoms with Crippen molar-refractivity contribution in [3.63, 3.8) is 0 Å². The van der Waals surface area contributed by atoms with E-state index in [9.17, 15) is 9.90 Å². The van der Waals surface area contributed by atoms with Gasteiger partial charge in [0.25, 0.3) is 0 Å². The summed E-state index contributed by atoms with van der Waals surface area (Å²) >= 11 is 0. The number of aromatic nitrogens is 1. The first-order chi connectivity index (χ1) is 14.2. The molecule has 1 aromatic heterocycles. The van der Waals surface area contributed by atoms with E-state index in [-0.39, 0.29) is 6.04 Å². The van der Waals surface area contributed by atoms with Crippen LogP contribution in [0.2, 0.25) is 0 Å². The van der Waals surface area contributed by atoms with E-state index < -0.39 is 18.3 Å². The fourth-order valence-corrected chi connectivity index (χ4v) is 4.06. The fraction of sp³-hybridized carbons (Fsp3) is 0.524. The van der Waals surface area contributed by atoms with Crippen LogP contribution in [0, 0.1) is 0 Å². The molecule has 1 amide bonds. The highest BCUT2D eigenvalue weighted by Crippen LogP contribution is 2.22. The van der Waals surface area contributed by atoms with Crippen LogP contribution in [0.4, 0.5) is 4.79 Å². The largest absolute Gasteiger partial charge is 0.444 e. The zero-order chi connectivity index (χ0) is 20.1. The SMILES string of the molecule is O=C(NCC[C@@H]1CCCN1)O[C@@H]1C(O)CN[C@@H]1Cc1ccc(-c2cnco2)cc1. The molecule has 1 unspecified atom stereocenters. The number of rotatable bonds is 7. The molecule has 8 nitrogen and oxygen atoms in total. The average Bonchev–Trinajstić information content (AvgIpc) is 3.48. The van der Waals surface area contributed by atoms with Gasteiger partial charge in [0.1, 0.15) is 12.2 Å². The van der Waals surface area contributed by atoms with E-state index in [1.807, 2.05) is 24.3 Å². The molecule has 29 heavy (non-hydrogen) atoms. The molecule has 4 N–H and O–H groups in total.